The van der Waals surface area contributed by atoms with E-state index in [1.807, 2.05) is 18.2 Å². The molecular weight excluding hydrogens is 274 g/mol. The van der Waals surface area contributed by atoms with Crippen molar-refractivity contribution in [1.82, 2.24) is 5.32 Å². The zero-order valence-corrected chi connectivity index (χ0v) is 10.4. The van der Waals surface area contributed by atoms with Gasteiger partial charge in [-0.15, -0.1) is 0 Å². The minimum atomic E-state index is -0.179. The molecule has 0 bridgehead atoms. The molecule has 0 fully saturated rings. The molecule has 1 aromatic carbocycles. The second-order valence-corrected chi connectivity index (χ2v) is 4.89. The topological polar surface area (TPSA) is 47.6 Å². The van der Waals surface area contributed by atoms with Gasteiger partial charge in [0.15, 0.2) is 11.5 Å². The van der Waals surface area contributed by atoms with Crippen LogP contribution in [-0.4, -0.2) is 17.5 Å². The van der Waals surface area contributed by atoms with Crippen LogP contribution in [0.1, 0.15) is 12.5 Å². The van der Waals surface area contributed by atoms with Crippen LogP contribution in [0.15, 0.2) is 18.2 Å². The smallest absolute Gasteiger partial charge is 0.233 e. The number of halogens is 1. The lowest BCUT2D eigenvalue weighted by Gasteiger charge is -2.07. The highest BCUT2D eigenvalue weighted by molar-refractivity contribution is 9.10. The number of hydrogen-bond donors (Lipinski definition) is 1. The van der Waals surface area contributed by atoms with Gasteiger partial charge in [-0.05, 0) is 24.6 Å². The molecule has 86 valence electrons. The van der Waals surface area contributed by atoms with Crippen LogP contribution in [0, 0.1) is 0 Å². The second-order valence-electron chi connectivity index (χ2n) is 3.52. The molecule has 1 unspecified atom stereocenters. The predicted octanol–water partition coefficient (Wildman–Crippen LogP) is 1.81. The number of nitrogens with one attached hydrogen (secondary N) is 1. The minimum Gasteiger partial charge on any atom is -0.454 e. The summed E-state index contributed by atoms with van der Waals surface area (Å²) in [5.74, 6) is 1.46. The molecule has 0 aromatic heterocycles. The summed E-state index contributed by atoms with van der Waals surface area (Å²) in [6, 6.07) is 5.63. The number of carbonyl (C=O) groups is 1. The first-order valence-corrected chi connectivity index (χ1v) is 5.88. The first kappa shape index (κ1) is 11.3. The van der Waals surface area contributed by atoms with Gasteiger partial charge in [0.25, 0.3) is 0 Å². The van der Waals surface area contributed by atoms with E-state index >= 15 is 0 Å². The molecule has 1 aliphatic heterocycles. The van der Waals surface area contributed by atoms with Crippen LogP contribution in [0.4, 0.5) is 0 Å². The Labute approximate surface area is 102 Å². The van der Waals surface area contributed by atoms with Crippen molar-refractivity contribution in [3.05, 3.63) is 23.8 Å². The van der Waals surface area contributed by atoms with Crippen LogP contribution in [0.5, 0.6) is 11.5 Å². The normalized spacial score (nSPS) is 14.6. The van der Waals surface area contributed by atoms with Crippen molar-refractivity contribution in [3.63, 3.8) is 0 Å². The van der Waals surface area contributed by atoms with E-state index in [1.54, 1.807) is 6.92 Å². The SMILES string of the molecule is CC(Br)C(=O)NCc1ccc2c(c1)OCO2. The Hall–Kier alpha value is -1.23. The summed E-state index contributed by atoms with van der Waals surface area (Å²) in [6.07, 6.45) is 0. The molecule has 5 heteroatoms. The van der Waals surface area contributed by atoms with Crippen molar-refractivity contribution >= 4 is 21.8 Å². The average molecular weight is 286 g/mol. The van der Waals surface area contributed by atoms with Crippen LogP contribution in [0.3, 0.4) is 0 Å². The molecule has 4 nitrogen and oxygen atoms in total. The third-order valence-corrected chi connectivity index (χ3v) is 2.68. The highest BCUT2D eigenvalue weighted by atomic mass is 79.9. The van der Waals surface area contributed by atoms with E-state index in [9.17, 15) is 4.79 Å². The Balaban J connectivity index is 1.98. The summed E-state index contributed by atoms with van der Waals surface area (Å²) >= 11 is 3.21. The molecule has 0 spiro atoms. The number of carbonyl (C=O) groups excluding carboxylic acids is 1. The lowest BCUT2D eigenvalue weighted by molar-refractivity contribution is -0.120. The Morgan fingerprint density at radius 1 is 1.50 bits per heavy atom. The monoisotopic (exact) mass is 285 g/mol. The van der Waals surface area contributed by atoms with Gasteiger partial charge in [0.2, 0.25) is 12.7 Å². The van der Waals surface area contributed by atoms with E-state index < -0.39 is 0 Å². The van der Waals surface area contributed by atoms with E-state index in [0.29, 0.717) is 6.54 Å². The number of fused-ring (bicyclic) bond motifs is 1. The first-order valence-electron chi connectivity index (χ1n) is 4.97. The summed E-state index contributed by atoms with van der Waals surface area (Å²) in [5.41, 5.74) is 0.991. The quantitative estimate of drug-likeness (QED) is 0.862. The molecule has 1 amide bonds. The molecule has 0 aliphatic carbocycles. The molecule has 2 rings (SSSR count). The van der Waals surface area contributed by atoms with Crippen molar-refractivity contribution in [2.75, 3.05) is 6.79 Å². The van der Waals surface area contributed by atoms with Gasteiger partial charge in [0, 0.05) is 6.54 Å². The highest BCUT2D eigenvalue weighted by Gasteiger charge is 2.14. The average Bonchev–Trinajstić information content (AvgIpc) is 2.72. The predicted molar refractivity (Wildman–Crippen MR) is 62.8 cm³/mol. The molecule has 1 aromatic rings. The zero-order chi connectivity index (χ0) is 11.5. The summed E-state index contributed by atoms with van der Waals surface area (Å²) in [7, 11) is 0. The van der Waals surface area contributed by atoms with Crippen molar-refractivity contribution < 1.29 is 14.3 Å². The third-order valence-electron chi connectivity index (χ3n) is 2.27. The van der Waals surface area contributed by atoms with Gasteiger partial charge in [-0.25, -0.2) is 0 Å². The standard InChI is InChI=1S/C11H12BrNO3/c1-7(12)11(14)13-5-8-2-3-9-10(4-8)16-6-15-9/h2-4,7H,5-6H2,1H3,(H,13,14). The summed E-state index contributed by atoms with van der Waals surface area (Å²) in [4.78, 5) is 11.2. The molecule has 0 radical (unpaired) electrons. The van der Waals surface area contributed by atoms with Crippen LogP contribution >= 0.6 is 15.9 Å². The minimum absolute atomic E-state index is 0.0299. The molecular formula is C11H12BrNO3. The number of benzene rings is 1. The molecule has 16 heavy (non-hydrogen) atoms. The van der Waals surface area contributed by atoms with E-state index in [0.717, 1.165) is 17.1 Å². The number of amides is 1. The van der Waals surface area contributed by atoms with Crippen LogP contribution in [0.25, 0.3) is 0 Å². The maximum atomic E-state index is 11.3. The van der Waals surface area contributed by atoms with Gasteiger partial charge in [-0.2, -0.15) is 0 Å². The molecule has 1 aliphatic rings. The second kappa shape index (κ2) is 4.74. The van der Waals surface area contributed by atoms with Gasteiger partial charge in [0.05, 0.1) is 4.83 Å². The van der Waals surface area contributed by atoms with Crippen molar-refractivity contribution in [3.8, 4) is 11.5 Å². The summed E-state index contributed by atoms with van der Waals surface area (Å²) in [5, 5.41) is 2.81. The Morgan fingerprint density at radius 2 is 2.25 bits per heavy atom. The van der Waals surface area contributed by atoms with Gasteiger partial charge in [-0.1, -0.05) is 22.0 Å². The molecule has 0 saturated carbocycles. The fourth-order valence-electron chi connectivity index (χ4n) is 1.38. The summed E-state index contributed by atoms with van der Waals surface area (Å²) in [6.45, 7) is 2.55. The fraction of sp³-hybridized carbons (Fsp3) is 0.364. The third kappa shape index (κ3) is 2.47. The van der Waals surface area contributed by atoms with Crippen molar-refractivity contribution in [1.29, 1.82) is 0 Å². The number of ether oxygens (including phenoxy) is 2. The van der Waals surface area contributed by atoms with E-state index in [1.165, 1.54) is 0 Å². The van der Waals surface area contributed by atoms with E-state index in [-0.39, 0.29) is 17.5 Å². The van der Waals surface area contributed by atoms with Gasteiger partial charge >= 0.3 is 0 Å². The first-order chi connectivity index (χ1) is 7.66. The molecule has 1 N–H and O–H groups in total. The lowest BCUT2D eigenvalue weighted by atomic mass is 10.2. The molecule has 1 heterocycles. The van der Waals surface area contributed by atoms with E-state index in [2.05, 4.69) is 21.2 Å². The van der Waals surface area contributed by atoms with E-state index in [4.69, 9.17) is 9.47 Å². The largest absolute Gasteiger partial charge is 0.454 e. The summed E-state index contributed by atoms with van der Waals surface area (Å²) < 4.78 is 10.4. The fourth-order valence-corrected chi connectivity index (χ4v) is 1.54. The maximum Gasteiger partial charge on any atom is 0.233 e. The van der Waals surface area contributed by atoms with Gasteiger partial charge in [-0.3, -0.25) is 4.79 Å². The Morgan fingerprint density at radius 3 is 3.00 bits per heavy atom. The van der Waals surface area contributed by atoms with Gasteiger partial charge in [0.1, 0.15) is 0 Å². The number of hydrogen-bond acceptors (Lipinski definition) is 3. The zero-order valence-electron chi connectivity index (χ0n) is 8.83. The molecule has 0 saturated heterocycles. The number of rotatable bonds is 3. The van der Waals surface area contributed by atoms with Crippen molar-refractivity contribution in [2.45, 2.75) is 18.3 Å². The highest BCUT2D eigenvalue weighted by Crippen LogP contribution is 2.32. The van der Waals surface area contributed by atoms with Crippen molar-refractivity contribution in [2.24, 2.45) is 0 Å². The van der Waals surface area contributed by atoms with Crippen LogP contribution < -0.4 is 14.8 Å². The van der Waals surface area contributed by atoms with Gasteiger partial charge < -0.3 is 14.8 Å². The number of alkyl halides is 1. The molecule has 1 atom stereocenters. The lowest BCUT2D eigenvalue weighted by Crippen LogP contribution is -2.28. The Kier molecular flexibility index (Phi) is 3.33. The van der Waals surface area contributed by atoms with Crippen LogP contribution in [0.2, 0.25) is 0 Å². The maximum absolute atomic E-state index is 11.3. The van der Waals surface area contributed by atoms with Crippen LogP contribution in [-0.2, 0) is 11.3 Å². The Bertz CT molecular complexity index is 406.